The molecule has 1 unspecified atom stereocenters. The van der Waals surface area contributed by atoms with E-state index < -0.39 is 5.92 Å². The van der Waals surface area contributed by atoms with Crippen molar-refractivity contribution < 1.29 is 9.59 Å². The lowest BCUT2D eigenvalue weighted by atomic mass is 9.90. The number of nitrogens with zero attached hydrogens (tertiary/aromatic N) is 2. The Morgan fingerprint density at radius 2 is 2.00 bits per heavy atom. The average Bonchev–Trinajstić information content (AvgIpc) is 3.07. The predicted octanol–water partition coefficient (Wildman–Crippen LogP) is 2.67. The van der Waals surface area contributed by atoms with Gasteiger partial charge in [0.05, 0.1) is 23.3 Å². The van der Waals surface area contributed by atoms with Crippen LogP contribution in [0.1, 0.15) is 24.3 Å². The molecule has 6 heteroatoms. The van der Waals surface area contributed by atoms with Crippen LogP contribution in [0.3, 0.4) is 0 Å². The molecule has 2 N–H and O–H groups in total. The zero-order valence-corrected chi connectivity index (χ0v) is 14.3. The van der Waals surface area contributed by atoms with Gasteiger partial charge in [0.1, 0.15) is 0 Å². The maximum absolute atomic E-state index is 12.6. The van der Waals surface area contributed by atoms with Gasteiger partial charge in [-0.25, -0.2) is 4.98 Å². The highest BCUT2D eigenvalue weighted by molar-refractivity contribution is 6.01. The van der Waals surface area contributed by atoms with Crippen molar-refractivity contribution in [2.24, 2.45) is 0 Å². The summed E-state index contributed by atoms with van der Waals surface area (Å²) in [4.78, 5) is 28.8. The molecule has 1 atom stereocenters. The molecule has 1 aliphatic rings. The molecule has 2 amide bonds. The molecule has 2 heterocycles. The van der Waals surface area contributed by atoms with Gasteiger partial charge >= 0.3 is 0 Å². The number of hydrogen-bond acceptors (Lipinski definition) is 3. The Kier molecular flexibility index (Phi) is 4.39. The maximum atomic E-state index is 12.6. The first-order chi connectivity index (χ1) is 12.7. The number of rotatable bonds is 5. The van der Waals surface area contributed by atoms with Gasteiger partial charge in [0.2, 0.25) is 11.8 Å². The smallest absolute Gasteiger partial charge is 0.228 e. The number of amides is 2. The third-order valence-electron chi connectivity index (χ3n) is 4.72. The second kappa shape index (κ2) is 7.00. The molecule has 6 nitrogen and oxygen atoms in total. The lowest BCUT2D eigenvalue weighted by Gasteiger charge is -2.24. The number of anilines is 1. The third kappa shape index (κ3) is 3.18. The van der Waals surface area contributed by atoms with Crippen molar-refractivity contribution in [2.75, 3.05) is 11.9 Å². The molecule has 3 aromatic rings. The largest absolute Gasteiger partial charge is 0.355 e. The molecule has 132 valence electrons. The zero-order valence-electron chi connectivity index (χ0n) is 14.3. The Bertz CT molecular complexity index is 963. The molecular formula is C20H20N4O2. The van der Waals surface area contributed by atoms with E-state index in [0.717, 1.165) is 35.2 Å². The highest BCUT2D eigenvalue weighted by Gasteiger charge is 2.30. The molecule has 0 bridgehead atoms. The van der Waals surface area contributed by atoms with Gasteiger partial charge in [-0.15, -0.1) is 0 Å². The van der Waals surface area contributed by atoms with Crippen molar-refractivity contribution >= 4 is 28.5 Å². The van der Waals surface area contributed by atoms with Crippen LogP contribution >= 0.6 is 0 Å². The van der Waals surface area contributed by atoms with Gasteiger partial charge in [-0.05, 0) is 30.2 Å². The number of carbonyl (C=O) groups is 2. The Morgan fingerprint density at radius 3 is 2.92 bits per heavy atom. The van der Waals surface area contributed by atoms with E-state index in [0.29, 0.717) is 6.54 Å². The molecule has 0 radical (unpaired) electrons. The highest BCUT2D eigenvalue weighted by Crippen LogP contribution is 2.31. The van der Waals surface area contributed by atoms with Crippen LogP contribution < -0.4 is 10.6 Å². The fourth-order valence-electron chi connectivity index (χ4n) is 3.42. The van der Waals surface area contributed by atoms with Gasteiger partial charge < -0.3 is 15.2 Å². The van der Waals surface area contributed by atoms with E-state index in [4.69, 9.17) is 0 Å². The monoisotopic (exact) mass is 348 g/mol. The van der Waals surface area contributed by atoms with E-state index in [1.165, 1.54) is 0 Å². The molecule has 0 saturated heterocycles. The maximum Gasteiger partial charge on any atom is 0.228 e. The van der Waals surface area contributed by atoms with E-state index in [1.807, 2.05) is 54.9 Å². The fourth-order valence-corrected chi connectivity index (χ4v) is 3.42. The number of aryl methyl sites for hydroxylation is 1. The highest BCUT2D eigenvalue weighted by atomic mass is 16.2. The summed E-state index contributed by atoms with van der Waals surface area (Å²) in [7, 11) is 0. The van der Waals surface area contributed by atoms with Gasteiger partial charge in [-0.1, -0.05) is 30.3 Å². The number of fused-ring (bicyclic) bond motifs is 2. The minimum Gasteiger partial charge on any atom is -0.355 e. The average molecular weight is 348 g/mol. The number of aromatic nitrogens is 2. The molecule has 2 aromatic carbocycles. The summed E-state index contributed by atoms with van der Waals surface area (Å²) < 4.78 is 2.09. The summed E-state index contributed by atoms with van der Waals surface area (Å²) in [6, 6.07) is 15.5. The summed E-state index contributed by atoms with van der Waals surface area (Å²) in [5, 5.41) is 5.79. The van der Waals surface area contributed by atoms with Gasteiger partial charge in [0.25, 0.3) is 0 Å². The Balaban J connectivity index is 1.35. The third-order valence-corrected chi connectivity index (χ3v) is 4.72. The standard InChI is InChI=1S/C20H20N4O2/c25-19-12-15(14-6-1-2-7-16(14)23-19)20(26)21-10-5-11-24-13-22-17-8-3-4-9-18(17)24/h1-4,6-9,13,15H,5,10-12H2,(H,21,26)(H,23,25). The minimum absolute atomic E-state index is 0.0946. The van der Waals surface area contributed by atoms with Crippen LogP contribution in [-0.4, -0.2) is 27.9 Å². The van der Waals surface area contributed by atoms with Crippen LogP contribution in [0.15, 0.2) is 54.9 Å². The first-order valence-corrected chi connectivity index (χ1v) is 8.79. The number of imidazole rings is 1. The quantitative estimate of drug-likeness (QED) is 0.696. The summed E-state index contributed by atoms with van der Waals surface area (Å²) in [5.74, 6) is -0.634. The van der Waals surface area contributed by atoms with E-state index in [-0.39, 0.29) is 18.2 Å². The number of benzene rings is 2. The number of hydrogen-bond donors (Lipinski definition) is 2. The summed E-state index contributed by atoms with van der Waals surface area (Å²) in [6.45, 7) is 1.34. The number of nitrogens with one attached hydrogen (secondary N) is 2. The van der Waals surface area contributed by atoms with Gasteiger partial charge in [0.15, 0.2) is 0 Å². The van der Waals surface area contributed by atoms with Crippen LogP contribution in [0.4, 0.5) is 5.69 Å². The number of para-hydroxylation sites is 3. The van der Waals surface area contributed by atoms with Gasteiger partial charge in [-0.2, -0.15) is 0 Å². The Labute approximate surface area is 151 Å². The van der Waals surface area contributed by atoms with Crippen LogP contribution in [0.25, 0.3) is 11.0 Å². The molecular weight excluding hydrogens is 328 g/mol. The molecule has 4 rings (SSSR count). The van der Waals surface area contributed by atoms with Crippen LogP contribution in [-0.2, 0) is 16.1 Å². The first-order valence-electron chi connectivity index (χ1n) is 8.79. The van der Waals surface area contributed by atoms with E-state index in [9.17, 15) is 9.59 Å². The van der Waals surface area contributed by atoms with Gasteiger partial charge in [0, 0.05) is 25.2 Å². The summed E-state index contributed by atoms with van der Waals surface area (Å²) in [5.41, 5.74) is 3.68. The van der Waals surface area contributed by atoms with Crippen molar-refractivity contribution in [2.45, 2.75) is 25.3 Å². The molecule has 0 saturated carbocycles. The second-order valence-electron chi connectivity index (χ2n) is 6.46. The topological polar surface area (TPSA) is 76.0 Å². The normalized spacial score (nSPS) is 16.2. The lowest BCUT2D eigenvalue weighted by molar-refractivity contribution is -0.126. The SMILES string of the molecule is O=C1CC(C(=O)NCCCn2cnc3ccccc32)c2ccccc2N1. The Hall–Kier alpha value is -3.15. The molecule has 1 aliphatic heterocycles. The molecule has 0 spiro atoms. The first kappa shape index (κ1) is 16.3. The molecule has 0 fully saturated rings. The summed E-state index contributed by atoms with van der Waals surface area (Å²) >= 11 is 0. The van der Waals surface area contributed by atoms with Crippen molar-refractivity contribution in [3.8, 4) is 0 Å². The lowest BCUT2D eigenvalue weighted by Crippen LogP contribution is -2.35. The predicted molar refractivity (Wildman–Crippen MR) is 99.8 cm³/mol. The van der Waals surface area contributed by atoms with Crippen LogP contribution in [0.5, 0.6) is 0 Å². The molecule has 26 heavy (non-hydrogen) atoms. The fraction of sp³-hybridized carbons (Fsp3) is 0.250. The van der Waals surface area contributed by atoms with Crippen LogP contribution in [0.2, 0.25) is 0 Å². The van der Waals surface area contributed by atoms with Crippen molar-refractivity contribution in [1.82, 2.24) is 14.9 Å². The van der Waals surface area contributed by atoms with Gasteiger partial charge in [-0.3, -0.25) is 9.59 Å². The molecule has 1 aromatic heterocycles. The van der Waals surface area contributed by atoms with E-state index >= 15 is 0 Å². The van der Waals surface area contributed by atoms with Crippen molar-refractivity contribution in [3.05, 3.63) is 60.4 Å². The van der Waals surface area contributed by atoms with E-state index in [2.05, 4.69) is 20.2 Å². The van der Waals surface area contributed by atoms with Crippen LogP contribution in [0, 0.1) is 0 Å². The Morgan fingerprint density at radius 1 is 1.19 bits per heavy atom. The van der Waals surface area contributed by atoms with Crippen molar-refractivity contribution in [1.29, 1.82) is 0 Å². The summed E-state index contributed by atoms with van der Waals surface area (Å²) in [6.07, 6.45) is 2.82. The number of carbonyl (C=O) groups excluding carboxylic acids is 2. The van der Waals surface area contributed by atoms with E-state index in [1.54, 1.807) is 0 Å². The molecule has 0 aliphatic carbocycles. The zero-order chi connectivity index (χ0) is 17.9. The van der Waals surface area contributed by atoms with Crippen molar-refractivity contribution in [3.63, 3.8) is 0 Å². The minimum atomic E-state index is -0.422. The second-order valence-corrected chi connectivity index (χ2v) is 6.46.